The van der Waals surface area contributed by atoms with E-state index in [0.717, 1.165) is 11.3 Å². The number of pyridine rings is 1. The van der Waals surface area contributed by atoms with Crippen molar-refractivity contribution in [3.63, 3.8) is 0 Å². The average Bonchev–Trinajstić information content (AvgIpc) is 3.17. The minimum absolute atomic E-state index is 0.212. The molecule has 0 saturated heterocycles. The summed E-state index contributed by atoms with van der Waals surface area (Å²) in [6, 6.07) is 8.97. The summed E-state index contributed by atoms with van der Waals surface area (Å²) in [7, 11) is 1.69. The van der Waals surface area contributed by atoms with Gasteiger partial charge in [0.05, 0.1) is 0 Å². The summed E-state index contributed by atoms with van der Waals surface area (Å²) in [6.07, 6.45) is 1.61. The number of halogens is 1. The Morgan fingerprint density at radius 2 is 2.22 bits per heavy atom. The second-order valence-corrected chi connectivity index (χ2v) is 5.55. The lowest BCUT2D eigenvalue weighted by Gasteiger charge is -2.16. The van der Waals surface area contributed by atoms with Crippen molar-refractivity contribution in [2.75, 3.05) is 7.05 Å². The predicted octanol–water partition coefficient (Wildman–Crippen LogP) is 3.30. The van der Waals surface area contributed by atoms with E-state index in [1.54, 1.807) is 25.4 Å². The molecule has 0 aliphatic heterocycles. The Bertz CT molecular complexity index is 840. The third kappa shape index (κ3) is 3.27. The lowest BCUT2D eigenvalue weighted by molar-refractivity contribution is 0.0779. The van der Waals surface area contributed by atoms with Crippen LogP contribution in [0.25, 0.3) is 11.5 Å². The minimum Gasteiger partial charge on any atom is -0.460 e. The fourth-order valence-electron chi connectivity index (χ4n) is 2.20. The summed E-state index contributed by atoms with van der Waals surface area (Å²) < 4.78 is 5.51. The molecule has 3 heterocycles. The Hall–Kier alpha value is -2.60. The second-order valence-electron chi connectivity index (χ2n) is 5.19. The molecule has 7 heteroatoms. The fraction of sp³-hybridized carbons (Fsp3) is 0.188. The van der Waals surface area contributed by atoms with Gasteiger partial charge in [0.25, 0.3) is 5.91 Å². The standard InChI is InChI=1S/C16H15ClN4O2/c1-10-5-6-14(23-10)12-8-13(20-19-12)16(22)21(2)9-11-4-3-7-18-15(11)17/h3-8H,9H2,1-2H3,(H,19,20). The molecule has 0 aliphatic carbocycles. The van der Waals surface area contributed by atoms with Crippen LogP contribution < -0.4 is 0 Å². The zero-order chi connectivity index (χ0) is 16.4. The number of nitrogens with zero attached hydrogens (tertiary/aromatic N) is 3. The molecule has 0 radical (unpaired) electrons. The average molecular weight is 331 g/mol. The number of furan rings is 1. The quantitative estimate of drug-likeness (QED) is 0.745. The van der Waals surface area contributed by atoms with Crippen LogP contribution in [0, 0.1) is 6.92 Å². The first kappa shape index (κ1) is 15.3. The number of carbonyl (C=O) groups excluding carboxylic acids is 1. The van der Waals surface area contributed by atoms with Gasteiger partial charge in [-0.3, -0.25) is 9.89 Å². The molecule has 0 spiro atoms. The van der Waals surface area contributed by atoms with Gasteiger partial charge in [-0.05, 0) is 25.1 Å². The number of nitrogens with one attached hydrogen (secondary N) is 1. The maximum Gasteiger partial charge on any atom is 0.274 e. The van der Waals surface area contributed by atoms with Crippen molar-refractivity contribution in [2.45, 2.75) is 13.5 Å². The van der Waals surface area contributed by atoms with Gasteiger partial charge in [0.15, 0.2) is 11.5 Å². The first-order valence-corrected chi connectivity index (χ1v) is 7.39. The molecule has 0 fully saturated rings. The van der Waals surface area contributed by atoms with E-state index in [4.69, 9.17) is 16.0 Å². The predicted molar refractivity (Wildman–Crippen MR) is 86.1 cm³/mol. The van der Waals surface area contributed by atoms with Crippen molar-refractivity contribution in [1.29, 1.82) is 0 Å². The summed E-state index contributed by atoms with van der Waals surface area (Å²) in [6.45, 7) is 2.21. The highest BCUT2D eigenvalue weighted by Gasteiger charge is 2.18. The smallest absolute Gasteiger partial charge is 0.274 e. The molecule has 0 bridgehead atoms. The minimum atomic E-state index is -0.212. The summed E-state index contributed by atoms with van der Waals surface area (Å²) in [4.78, 5) is 18.0. The van der Waals surface area contributed by atoms with Crippen LogP contribution in [0.15, 0.2) is 40.9 Å². The van der Waals surface area contributed by atoms with Crippen LogP contribution in [0.3, 0.4) is 0 Å². The molecule has 1 N–H and O–H groups in total. The van der Waals surface area contributed by atoms with Gasteiger partial charge in [-0.1, -0.05) is 17.7 Å². The number of aryl methyl sites for hydroxylation is 1. The number of hydrogen-bond acceptors (Lipinski definition) is 4. The molecule has 23 heavy (non-hydrogen) atoms. The molecule has 1 amide bonds. The molecule has 0 unspecified atom stereocenters. The highest BCUT2D eigenvalue weighted by atomic mass is 35.5. The van der Waals surface area contributed by atoms with Crippen LogP contribution in [0.2, 0.25) is 5.15 Å². The Morgan fingerprint density at radius 3 is 2.91 bits per heavy atom. The van der Waals surface area contributed by atoms with E-state index in [1.165, 1.54) is 4.90 Å². The normalized spacial score (nSPS) is 10.7. The number of amides is 1. The Morgan fingerprint density at radius 1 is 1.39 bits per heavy atom. The highest BCUT2D eigenvalue weighted by Crippen LogP contribution is 2.21. The molecule has 0 atom stereocenters. The van der Waals surface area contributed by atoms with E-state index >= 15 is 0 Å². The van der Waals surface area contributed by atoms with Crippen molar-refractivity contribution < 1.29 is 9.21 Å². The lowest BCUT2D eigenvalue weighted by Crippen LogP contribution is -2.26. The van der Waals surface area contributed by atoms with Gasteiger partial charge >= 0.3 is 0 Å². The zero-order valence-corrected chi connectivity index (χ0v) is 13.5. The molecule has 0 aromatic carbocycles. The van der Waals surface area contributed by atoms with E-state index in [-0.39, 0.29) is 5.91 Å². The molecule has 3 aromatic rings. The summed E-state index contributed by atoms with van der Waals surface area (Å²) in [5.41, 5.74) is 1.76. The number of H-pyrrole nitrogens is 1. The van der Waals surface area contributed by atoms with Gasteiger partial charge in [-0.2, -0.15) is 5.10 Å². The summed E-state index contributed by atoms with van der Waals surface area (Å²) in [5.74, 6) is 1.23. The largest absolute Gasteiger partial charge is 0.460 e. The first-order chi connectivity index (χ1) is 11.0. The van der Waals surface area contributed by atoms with E-state index in [1.807, 2.05) is 25.1 Å². The van der Waals surface area contributed by atoms with Crippen LogP contribution >= 0.6 is 11.6 Å². The van der Waals surface area contributed by atoms with Gasteiger partial charge in [0.2, 0.25) is 0 Å². The Balaban J connectivity index is 1.75. The van der Waals surface area contributed by atoms with Gasteiger partial charge in [-0.25, -0.2) is 4.98 Å². The maximum absolute atomic E-state index is 12.5. The SMILES string of the molecule is Cc1ccc(-c2cc(C(=O)N(C)Cc3cccnc3Cl)n[nH]2)o1. The summed E-state index contributed by atoms with van der Waals surface area (Å²) in [5, 5.41) is 7.27. The maximum atomic E-state index is 12.5. The van der Waals surface area contributed by atoms with E-state index < -0.39 is 0 Å². The van der Waals surface area contributed by atoms with E-state index in [2.05, 4.69) is 15.2 Å². The van der Waals surface area contributed by atoms with Crippen molar-refractivity contribution in [3.8, 4) is 11.5 Å². The van der Waals surface area contributed by atoms with Gasteiger partial charge < -0.3 is 9.32 Å². The van der Waals surface area contributed by atoms with E-state index in [0.29, 0.717) is 28.8 Å². The van der Waals surface area contributed by atoms with Crippen LogP contribution in [0.5, 0.6) is 0 Å². The number of carbonyl (C=O) groups is 1. The van der Waals surface area contributed by atoms with Crippen LogP contribution in [-0.2, 0) is 6.54 Å². The molecule has 3 rings (SSSR count). The molecule has 118 valence electrons. The third-order valence-corrected chi connectivity index (χ3v) is 3.73. The van der Waals surface area contributed by atoms with Crippen LogP contribution in [0.1, 0.15) is 21.8 Å². The van der Waals surface area contributed by atoms with Gasteiger partial charge in [-0.15, -0.1) is 0 Å². The number of rotatable bonds is 4. The van der Waals surface area contributed by atoms with Gasteiger partial charge in [0, 0.05) is 31.4 Å². The lowest BCUT2D eigenvalue weighted by atomic mass is 10.2. The van der Waals surface area contributed by atoms with Crippen molar-refractivity contribution in [1.82, 2.24) is 20.1 Å². The molecular formula is C16H15ClN4O2. The molecule has 0 aliphatic rings. The summed E-state index contributed by atoms with van der Waals surface area (Å²) >= 11 is 6.02. The fourth-order valence-corrected chi connectivity index (χ4v) is 2.38. The molecular weight excluding hydrogens is 316 g/mol. The monoisotopic (exact) mass is 330 g/mol. The Labute approximate surface area is 138 Å². The molecule has 3 aromatic heterocycles. The van der Waals surface area contributed by atoms with Crippen LogP contribution in [0.4, 0.5) is 0 Å². The van der Waals surface area contributed by atoms with Crippen molar-refractivity contribution in [2.24, 2.45) is 0 Å². The first-order valence-electron chi connectivity index (χ1n) is 7.01. The number of hydrogen-bond donors (Lipinski definition) is 1. The molecule has 0 saturated carbocycles. The number of aromatic amines is 1. The van der Waals surface area contributed by atoms with Crippen molar-refractivity contribution in [3.05, 3.63) is 58.7 Å². The Kier molecular flexibility index (Phi) is 4.16. The van der Waals surface area contributed by atoms with E-state index in [9.17, 15) is 4.79 Å². The van der Waals surface area contributed by atoms with Gasteiger partial charge in [0.1, 0.15) is 16.6 Å². The topological polar surface area (TPSA) is 75.0 Å². The van der Waals surface area contributed by atoms with Crippen LogP contribution in [-0.4, -0.2) is 33.0 Å². The second kappa shape index (κ2) is 6.26. The molecule has 6 nitrogen and oxygen atoms in total. The zero-order valence-electron chi connectivity index (χ0n) is 12.7. The van der Waals surface area contributed by atoms with Crippen molar-refractivity contribution >= 4 is 17.5 Å². The number of aromatic nitrogens is 3. The third-order valence-electron chi connectivity index (χ3n) is 3.39. The highest BCUT2D eigenvalue weighted by molar-refractivity contribution is 6.30.